The molecule has 0 spiro atoms. The van der Waals surface area contributed by atoms with E-state index in [2.05, 4.69) is 24.9 Å². The molecule has 1 aliphatic rings. The van der Waals surface area contributed by atoms with Crippen LogP contribution in [-0.4, -0.2) is 55.8 Å². The molecule has 1 fully saturated rings. The minimum atomic E-state index is -5.08. The predicted molar refractivity (Wildman–Crippen MR) is 130 cm³/mol. The summed E-state index contributed by atoms with van der Waals surface area (Å²) in [4.78, 5) is 20.0. The van der Waals surface area contributed by atoms with E-state index in [1.54, 1.807) is 24.3 Å². The molecule has 1 aromatic heterocycles. The van der Waals surface area contributed by atoms with Crippen molar-refractivity contribution in [2.24, 2.45) is 0 Å². The van der Waals surface area contributed by atoms with Crippen molar-refractivity contribution in [2.45, 2.75) is 30.3 Å². The van der Waals surface area contributed by atoms with E-state index >= 15 is 0 Å². The third-order valence-corrected chi connectivity index (χ3v) is 6.98. The van der Waals surface area contributed by atoms with Crippen molar-refractivity contribution < 1.29 is 31.5 Å². The third kappa shape index (κ3) is 6.74. The zero-order valence-electron chi connectivity index (χ0n) is 19.0. The zero-order valence-corrected chi connectivity index (χ0v) is 20.6. The smallest absolute Gasteiger partial charge is 0.475 e. The van der Waals surface area contributed by atoms with Crippen molar-refractivity contribution in [3.63, 3.8) is 0 Å². The molecule has 4 rings (SSSR count). The largest absolute Gasteiger partial charge is 0.490 e. The maximum absolute atomic E-state index is 12.4. The number of carboxylic acid groups (broad SMARTS) is 1. The number of carboxylic acids is 1. The molecule has 2 heterocycles. The zero-order chi connectivity index (χ0) is 26.5. The number of halogens is 4. The average Bonchev–Trinajstić information content (AvgIpc) is 2.84. The highest BCUT2D eigenvalue weighted by atomic mass is 35.5. The summed E-state index contributed by atoms with van der Waals surface area (Å²) < 4.78 is 58.8. The normalized spacial score (nSPS) is 14.2. The van der Waals surface area contributed by atoms with Gasteiger partial charge in [-0.15, -0.1) is 0 Å². The highest BCUT2D eigenvalue weighted by Gasteiger charge is 2.38. The number of aliphatic carboxylic acids is 1. The highest BCUT2D eigenvalue weighted by Crippen LogP contribution is 2.34. The van der Waals surface area contributed by atoms with Crippen molar-refractivity contribution in [3.8, 4) is 0 Å². The molecule has 0 bridgehead atoms. The van der Waals surface area contributed by atoms with Crippen LogP contribution in [0.1, 0.15) is 19.3 Å². The number of benzene rings is 2. The number of nitrogens with one attached hydrogen (secondary N) is 2. The Hall–Kier alpha value is -3.16. The fourth-order valence-electron chi connectivity index (χ4n) is 3.57. The Labute approximate surface area is 210 Å². The number of aromatic nitrogens is 2. The molecule has 0 aliphatic carbocycles. The van der Waals surface area contributed by atoms with Gasteiger partial charge >= 0.3 is 12.1 Å². The number of piperidine rings is 1. The fraction of sp³-hybridized carbons (Fsp3) is 0.318. The van der Waals surface area contributed by atoms with Gasteiger partial charge in [0.25, 0.3) is 0 Å². The standard InChI is InChI=1S/C20H22ClN5O2S.C2HF3O2/c1-22-29(27,28)15-6-8-19(26-9-3-2-4-10-26)18(12-15)25-20-16-11-14(21)5-7-17(16)23-13-24-20;3-2(4,5)1(6)7/h5-8,11-13,22H,2-4,9-10H2,1H3,(H,23,24,25);(H,6,7). The van der Waals surface area contributed by atoms with Gasteiger partial charge in [0.2, 0.25) is 10.0 Å². The number of sulfonamides is 1. The first-order valence-electron chi connectivity index (χ1n) is 10.7. The summed E-state index contributed by atoms with van der Waals surface area (Å²) in [6.07, 6.45) is -0.169. The Morgan fingerprint density at radius 3 is 2.36 bits per heavy atom. The maximum Gasteiger partial charge on any atom is 0.490 e. The topological polar surface area (TPSA) is 125 Å². The van der Waals surface area contributed by atoms with Crippen LogP contribution in [0.2, 0.25) is 5.02 Å². The lowest BCUT2D eigenvalue weighted by Crippen LogP contribution is -2.30. The van der Waals surface area contributed by atoms with Crippen LogP contribution in [0.15, 0.2) is 47.6 Å². The minimum Gasteiger partial charge on any atom is -0.475 e. The van der Waals surface area contributed by atoms with Crippen LogP contribution in [0.4, 0.5) is 30.4 Å². The second-order valence-electron chi connectivity index (χ2n) is 7.75. The van der Waals surface area contributed by atoms with Crippen molar-refractivity contribution in [3.05, 3.63) is 47.7 Å². The van der Waals surface area contributed by atoms with E-state index in [9.17, 15) is 21.6 Å². The summed E-state index contributed by atoms with van der Waals surface area (Å²) in [6, 6.07) is 10.5. The van der Waals surface area contributed by atoms with E-state index in [0.29, 0.717) is 16.5 Å². The fourth-order valence-corrected chi connectivity index (χ4v) is 4.49. The molecule has 2 aromatic carbocycles. The van der Waals surface area contributed by atoms with E-state index < -0.39 is 22.2 Å². The monoisotopic (exact) mass is 545 g/mol. The number of carbonyl (C=O) groups is 1. The molecule has 1 saturated heterocycles. The number of hydrogen-bond donors (Lipinski definition) is 3. The molecule has 0 atom stereocenters. The van der Waals surface area contributed by atoms with E-state index in [0.717, 1.165) is 42.5 Å². The first kappa shape index (κ1) is 27.4. The van der Waals surface area contributed by atoms with Crippen LogP contribution in [0.5, 0.6) is 0 Å². The number of anilines is 3. The quantitative estimate of drug-likeness (QED) is 0.426. The summed E-state index contributed by atoms with van der Waals surface area (Å²) in [5.41, 5.74) is 2.39. The number of rotatable bonds is 5. The second-order valence-corrected chi connectivity index (χ2v) is 10.1. The molecule has 194 valence electrons. The molecule has 3 aromatic rings. The molecule has 14 heteroatoms. The number of hydrogen-bond acceptors (Lipinski definition) is 7. The molecular formula is C22H23ClF3N5O4S. The Morgan fingerprint density at radius 1 is 1.08 bits per heavy atom. The summed E-state index contributed by atoms with van der Waals surface area (Å²) in [6.45, 7) is 1.87. The first-order chi connectivity index (χ1) is 16.9. The van der Waals surface area contributed by atoms with Gasteiger partial charge in [-0.2, -0.15) is 13.2 Å². The van der Waals surface area contributed by atoms with Crippen molar-refractivity contribution in [2.75, 3.05) is 30.4 Å². The van der Waals surface area contributed by atoms with E-state index in [4.69, 9.17) is 21.5 Å². The van der Waals surface area contributed by atoms with Gasteiger partial charge in [-0.1, -0.05) is 11.6 Å². The third-order valence-electron chi connectivity index (χ3n) is 5.34. The van der Waals surface area contributed by atoms with Crippen LogP contribution in [0.3, 0.4) is 0 Å². The molecule has 9 nitrogen and oxygen atoms in total. The molecule has 1 aliphatic heterocycles. The Kier molecular flexibility index (Phi) is 8.59. The minimum absolute atomic E-state index is 0.194. The molecule has 0 unspecified atom stereocenters. The van der Waals surface area contributed by atoms with Gasteiger partial charge in [0.15, 0.2) is 0 Å². The van der Waals surface area contributed by atoms with Gasteiger partial charge in [-0.3, -0.25) is 0 Å². The Bertz CT molecular complexity index is 1350. The van der Waals surface area contributed by atoms with Crippen LogP contribution >= 0.6 is 11.6 Å². The van der Waals surface area contributed by atoms with E-state index in [1.165, 1.54) is 19.8 Å². The summed E-state index contributed by atoms with van der Waals surface area (Å²) in [5.74, 6) is -2.18. The van der Waals surface area contributed by atoms with Crippen molar-refractivity contribution in [1.82, 2.24) is 14.7 Å². The molecule has 0 radical (unpaired) electrons. The number of nitrogens with zero attached hydrogens (tertiary/aromatic N) is 3. The maximum atomic E-state index is 12.4. The van der Waals surface area contributed by atoms with Gasteiger partial charge in [0.1, 0.15) is 12.1 Å². The van der Waals surface area contributed by atoms with Crippen LogP contribution in [-0.2, 0) is 14.8 Å². The number of fused-ring (bicyclic) bond motifs is 1. The lowest BCUT2D eigenvalue weighted by Gasteiger charge is -2.31. The Balaban J connectivity index is 0.000000454. The summed E-state index contributed by atoms with van der Waals surface area (Å²) in [7, 11) is -2.17. The first-order valence-corrected chi connectivity index (χ1v) is 12.6. The van der Waals surface area contributed by atoms with Crippen LogP contribution in [0.25, 0.3) is 10.9 Å². The number of alkyl halides is 3. The van der Waals surface area contributed by atoms with Gasteiger partial charge in [0.05, 0.1) is 21.8 Å². The van der Waals surface area contributed by atoms with E-state index in [1.807, 2.05) is 12.1 Å². The van der Waals surface area contributed by atoms with Crippen LogP contribution < -0.4 is 14.9 Å². The molecule has 36 heavy (non-hydrogen) atoms. The molecule has 0 saturated carbocycles. The molecule has 3 N–H and O–H groups in total. The highest BCUT2D eigenvalue weighted by molar-refractivity contribution is 7.89. The van der Waals surface area contributed by atoms with Gasteiger partial charge in [0, 0.05) is 23.5 Å². The van der Waals surface area contributed by atoms with Crippen LogP contribution in [0, 0.1) is 0 Å². The Morgan fingerprint density at radius 2 is 1.75 bits per heavy atom. The summed E-state index contributed by atoms with van der Waals surface area (Å²) >= 11 is 6.17. The second kappa shape index (κ2) is 11.3. The van der Waals surface area contributed by atoms with Gasteiger partial charge < -0.3 is 15.3 Å². The summed E-state index contributed by atoms with van der Waals surface area (Å²) in [5, 5.41) is 11.8. The van der Waals surface area contributed by atoms with E-state index in [-0.39, 0.29) is 4.90 Å². The molecule has 0 amide bonds. The van der Waals surface area contributed by atoms with Crippen molar-refractivity contribution in [1.29, 1.82) is 0 Å². The predicted octanol–water partition coefficient (Wildman–Crippen LogP) is 4.56. The van der Waals surface area contributed by atoms with Crippen molar-refractivity contribution >= 4 is 55.7 Å². The SMILES string of the molecule is CNS(=O)(=O)c1ccc(N2CCCCC2)c(Nc2ncnc3ccc(Cl)cc23)c1.O=C(O)C(F)(F)F. The lowest BCUT2D eigenvalue weighted by molar-refractivity contribution is -0.192. The van der Waals surface area contributed by atoms with Gasteiger partial charge in [-0.25, -0.2) is 27.9 Å². The van der Waals surface area contributed by atoms with Gasteiger partial charge in [-0.05, 0) is 62.7 Å². The lowest BCUT2D eigenvalue weighted by atomic mass is 10.1. The molecular weight excluding hydrogens is 523 g/mol. The average molecular weight is 546 g/mol.